The van der Waals surface area contributed by atoms with E-state index in [1.165, 1.54) is 22.2 Å². The van der Waals surface area contributed by atoms with Crippen LogP contribution in [0.2, 0.25) is 0 Å². The molecule has 2 heterocycles. The van der Waals surface area contributed by atoms with E-state index < -0.39 is 11.9 Å². The maximum atomic E-state index is 12.1. The van der Waals surface area contributed by atoms with Gasteiger partial charge in [0, 0.05) is 11.9 Å². The molecule has 0 saturated heterocycles. The Labute approximate surface area is 100 Å². The van der Waals surface area contributed by atoms with Gasteiger partial charge in [-0.25, -0.2) is 4.98 Å². The summed E-state index contributed by atoms with van der Waals surface area (Å²) in [4.78, 5) is 29.1. The van der Waals surface area contributed by atoms with E-state index in [-0.39, 0.29) is 5.56 Å². The molecule has 0 aliphatic heterocycles. The summed E-state index contributed by atoms with van der Waals surface area (Å²) in [6.07, 6.45) is 2.80. The van der Waals surface area contributed by atoms with Crippen molar-refractivity contribution >= 4 is 27.5 Å². The first-order valence-corrected chi connectivity index (χ1v) is 6.11. The average Bonchev–Trinajstić information content (AvgIpc) is 2.81. The molecule has 1 N–H and O–H groups in total. The fourth-order valence-electron chi connectivity index (χ4n) is 2.36. The third-order valence-electron chi connectivity index (χ3n) is 3.19. The Morgan fingerprint density at radius 1 is 1.65 bits per heavy atom. The van der Waals surface area contributed by atoms with E-state index in [0.29, 0.717) is 22.2 Å². The van der Waals surface area contributed by atoms with Gasteiger partial charge in [-0.3, -0.25) is 9.59 Å². The second-order valence-electron chi connectivity index (χ2n) is 4.21. The van der Waals surface area contributed by atoms with Crippen molar-refractivity contribution in [1.82, 2.24) is 9.55 Å². The van der Waals surface area contributed by atoms with Crippen LogP contribution in [0.1, 0.15) is 22.8 Å². The number of aromatic nitrogens is 2. The van der Waals surface area contributed by atoms with E-state index in [9.17, 15) is 14.7 Å². The van der Waals surface area contributed by atoms with Crippen molar-refractivity contribution in [3.63, 3.8) is 0 Å². The van der Waals surface area contributed by atoms with Crippen molar-refractivity contribution in [1.29, 1.82) is 0 Å². The first-order valence-electron chi connectivity index (χ1n) is 5.29. The first kappa shape index (κ1) is 10.5. The number of rotatable bonds is 1. The van der Waals surface area contributed by atoms with Gasteiger partial charge in [0.15, 0.2) is 0 Å². The van der Waals surface area contributed by atoms with Crippen LogP contribution in [-0.2, 0) is 18.3 Å². The zero-order chi connectivity index (χ0) is 12.2. The molecule has 0 spiro atoms. The topological polar surface area (TPSA) is 72.2 Å². The lowest BCUT2D eigenvalue weighted by molar-refractivity contribution is -0.138. The number of carboxylic acids is 1. The first-order chi connectivity index (χ1) is 8.09. The minimum atomic E-state index is -0.852. The van der Waals surface area contributed by atoms with Gasteiger partial charge >= 0.3 is 5.97 Å². The van der Waals surface area contributed by atoms with Gasteiger partial charge in [-0.2, -0.15) is 0 Å². The Hall–Kier alpha value is -1.69. The predicted molar refractivity (Wildman–Crippen MR) is 63.6 cm³/mol. The Morgan fingerprint density at radius 2 is 2.41 bits per heavy atom. The van der Waals surface area contributed by atoms with E-state index in [4.69, 9.17) is 0 Å². The highest BCUT2D eigenvalue weighted by atomic mass is 32.1. The highest BCUT2D eigenvalue weighted by Crippen LogP contribution is 2.41. The van der Waals surface area contributed by atoms with Crippen LogP contribution < -0.4 is 5.56 Å². The highest BCUT2D eigenvalue weighted by molar-refractivity contribution is 7.18. The second kappa shape index (κ2) is 3.40. The molecule has 17 heavy (non-hydrogen) atoms. The zero-order valence-corrected chi connectivity index (χ0v) is 9.95. The molecule has 1 unspecified atom stereocenters. The van der Waals surface area contributed by atoms with Crippen LogP contribution in [0.3, 0.4) is 0 Å². The van der Waals surface area contributed by atoms with Crippen LogP contribution in [0.5, 0.6) is 0 Å². The second-order valence-corrected chi connectivity index (χ2v) is 5.29. The molecule has 0 aromatic carbocycles. The van der Waals surface area contributed by atoms with Gasteiger partial charge < -0.3 is 9.67 Å². The van der Waals surface area contributed by atoms with E-state index in [2.05, 4.69) is 4.98 Å². The lowest BCUT2D eigenvalue weighted by atomic mass is 10.0. The molecular formula is C11H10N2O3S. The SMILES string of the molecule is Cn1cnc2sc3c(c2c1=O)C(C(=O)O)CC3. The lowest BCUT2D eigenvalue weighted by Crippen LogP contribution is -2.18. The molecule has 6 heteroatoms. The number of hydrogen-bond acceptors (Lipinski definition) is 4. The number of fused-ring (bicyclic) bond motifs is 3. The van der Waals surface area contributed by atoms with Gasteiger partial charge in [-0.15, -0.1) is 11.3 Å². The molecule has 1 aliphatic carbocycles. The molecule has 0 fully saturated rings. The number of carboxylic acid groups (broad SMARTS) is 1. The largest absolute Gasteiger partial charge is 0.481 e. The summed E-state index contributed by atoms with van der Waals surface area (Å²) in [6, 6.07) is 0. The Balaban J connectivity index is 2.40. The van der Waals surface area contributed by atoms with Crippen molar-refractivity contribution in [2.24, 2.45) is 7.05 Å². The molecule has 0 saturated carbocycles. The normalized spacial score (nSPS) is 18.5. The van der Waals surface area contributed by atoms with Gasteiger partial charge in [0.2, 0.25) is 0 Å². The molecule has 0 amide bonds. The summed E-state index contributed by atoms with van der Waals surface area (Å²) in [5.41, 5.74) is 0.548. The Bertz CT molecular complexity index is 686. The standard InChI is InChI=1S/C11H10N2O3S/c1-13-4-12-9-8(10(13)14)7-5(11(15)16)2-3-6(7)17-9/h4-5H,2-3H2,1H3,(H,15,16). The maximum absolute atomic E-state index is 12.1. The Morgan fingerprint density at radius 3 is 3.12 bits per heavy atom. The minimum absolute atomic E-state index is 0.152. The monoisotopic (exact) mass is 250 g/mol. The molecular weight excluding hydrogens is 240 g/mol. The molecule has 2 aromatic heterocycles. The van der Waals surface area contributed by atoms with Gasteiger partial charge in [-0.1, -0.05) is 0 Å². The number of aryl methyl sites for hydroxylation is 2. The number of thiophene rings is 1. The van der Waals surface area contributed by atoms with Crippen LogP contribution in [0, 0.1) is 0 Å². The quantitative estimate of drug-likeness (QED) is 0.823. The van der Waals surface area contributed by atoms with Crippen molar-refractivity contribution in [3.05, 3.63) is 27.1 Å². The van der Waals surface area contributed by atoms with Crippen molar-refractivity contribution < 1.29 is 9.90 Å². The smallest absolute Gasteiger partial charge is 0.311 e. The summed E-state index contributed by atoms with van der Waals surface area (Å²) in [5, 5.41) is 9.67. The molecule has 1 aliphatic rings. The average molecular weight is 250 g/mol. The number of aliphatic carboxylic acids is 1. The molecule has 1 atom stereocenters. The van der Waals surface area contributed by atoms with Gasteiger partial charge in [0.1, 0.15) is 4.83 Å². The summed E-state index contributed by atoms with van der Waals surface area (Å²) in [5.74, 6) is -1.40. The molecule has 88 valence electrons. The molecule has 5 nitrogen and oxygen atoms in total. The summed E-state index contributed by atoms with van der Waals surface area (Å²) in [7, 11) is 1.63. The van der Waals surface area contributed by atoms with Crippen LogP contribution in [0.4, 0.5) is 0 Å². The van der Waals surface area contributed by atoms with Gasteiger partial charge in [0.05, 0.1) is 17.6 Å². The fraction of sp³-hybridized carbons (Fsp3) is 0.364. The van der Waals surface area contributed by atoms with Crippen LogP contribution in [0.25, 0.3) is 10.2 Å². The van der Waals surface area contributed by atoms with Crippen LogP contribution in [-0.4, -0.2) is 20.6 Å². The van der Waals surface area contributed by atoms with E-state index >= 15 is 0 Å². The van der Waals surface area contributed by atoms with Crippen LogP contribution in [0.15, 0.2) is 11.1 Å². The molecule has 3 rings (SSSR count). The van der Waals surface area contributed by atoms with E-state index in [1.54, 1.807) is 7.05 Å². The summed E-state index contributed by atoms with van der Waals surface area (Å²) in [6.45, 7) is 0. The molecule has 0 radical (unpaired) electrons. The predicted octanol–water partition coefficient (Wildman–Crippen LogP) is 1.11. The van der Waals surface area contributed by atoms with Gasteiger partial charge in [-0.05, 0) is 18.4 Å². The third-order valence-corrected chi connectivity index (χ3v) is 4.37. The van der Waals surface area contributed by atoms with Gasteiger partial charge in [0.25, 0.3) is 5.56 Å². The third kappa shape index (κ3) is 1.33. The molecule has 0 bridgehead atoms. The zero-order valence-electron chi connectivity index (χ0n) is 9.14. The fourth-order valence-corrected chi connectivity index (χ4v) is 3.57. The minimum Gasteiger partial charge on any atom is -0.481 e. The maximum Gasteiger partial charge on any atom is 0.311 e. The molecule has 2 aromatic rings. The number of hydrogen-bond donors (Lipinski definition) is 1. The van der Waals surface area contributed by atoms with E-state index in [1.807, 2.05) is 0 Å². The summed E-state index contributed by atoms with van der Waals surface area (Å²) < 4.78 is 1.40. The lowest BCUT2D eigenvalue weighted by Gasteiger charge is -2.04. The number of nitrogens with zero attached hydrogens (tertiary/aromatic N) is 2. The number of carbonyl (C=O) groups is 1. The van der Waals surface area contributed by atoms with Crippen molar-refractivity contribution in [2.45, 2.75) is 18.8 Å². The van der Waals surface area contributed by atoms with Crippen molar-refractivity contribution in [2.75, 3.05) is 0 Å². The van der Waals surface area contributed by atoms with Crippen LogP contribution >= 0.6 is 11.3 Å². The Kier molecular flexibility index (Phi) is 2.09. The van der Waals surface area contributed by atoms with E-state index in [0.717, 1.165) is 11.3 Å². The highest BCUT2D eigenvalue weighted by Gasteiger charge is 2.33. The summed E-state index contributed by atoms with van der Waals surface area (Å²) >= 11 is 1.44. The van der Waals surface area contributed by atoms with Crippen molar-refractivity contribution in [3.8, 4) is 0 Å².